The maximum atomic E-state index is 12.3. The fourth-order valence-corrected chi connectivity index (χ4v) is 3.78. The van der Waals surface area contributed by atoms with E-state index in [-0.39, 0.29) is 11.1 Å². The first-order valence-corrected chi connectivity index (χ1v) is 8.58. The number of imidazole rings is 1. The third-order valence-electron chi connectivity index (χ3n) is 3.61. The van der Waals surface area contributed by atoms with Crippen molar-refractivity contribution in [2.75, 3.05) is 25.1 Å². The number of hydrogen-bond donors (Lipinski definition) is 1. The maximum absolute atomic E-state index is 12.3. The molecule has 3 heterocycles. The highest BCUT2D eigenvalue weighted by atomic mass is 32.2. The number of anilines is 1. The monoisotopic (exact) mass is 338 g/mol. The van der Waals surface area contributed by atoms with E-state index in [4.69, 9.17) is 4.74 Å². The molecule has 0 aliphatic carbocycles. The van der Waals surface area contributed by atoms with Crippen LogP contribution in [0.3, 0.4) is 0 Å². The number of aromatic nitrogens is 4. The number of hydrogen-bond acceptors (Lipinski definition) is 7. The topological polar surface area (TPSA) is 102 Å². The summed E-state index contributed by atoms with van der Waals surface area (Å²) in [4.78, 5) is 14.2. The molecule has 0 amide bonds. The number of aryl methyl sites for hydroxylation is 1. The second-order valence-electron chi connectivity index (χ2n) is 5.32. The number of ether oxygens (including phenoxy) is 1. The SMILES string of the molecule is COc1nccnc1N1CC[C@H](NS(=O)(=O)c2cn(C)cn2)C1. The third-order valence-corrected chi connectivity index (χ3v) is 5.01. The van der Waals surface area contributed by atoms with Crippen LogP contribution in [0.2, 0.25) is 0 Å². The fraction of sp³-hybridized carbons (Fsp3) is 0.462. The predicted molar refractivity (Wildman–Crippen MR) is 82.7 cm³/mol. The summed E-state index contributed by atoms with van der Waals surface area (Å²) in [6.07, 6.45) is 6.75. The van der Waals surface area contributed by atoms with E-state index in [1.807, 2.05) is 4.90 Å². The second kappa shape index (κ2) is 6.13. The van der Waals surface area contributed by atoms with Crippen LogP contribution < -0.4 is 14.4 Å². The molecular formula is C13H18N6O3S. The first-order chi connectivity index (χ1) is 11.0. The second-order valence-corrected chi connectivity index (χ2v) is 6.98. The minimum Gasteiger partial charge on any atom is -0.478 e. The first-order valence-electron chi connectivity index (χ1n) is 7.10. The van der Waals surface area contributed by atoms with Crippen LogP contribution in [0.5, 0.6) is 5.88 Å². The van der Waals surface area contributed by atoms with Gasteiger partial charge in [-0.1, -0.05) is 0 Å². The van der Waals surface area contributed by atoms with E-state index in [2.05, 4.69) is 19.7 Å². The number of rotatable bonds is 5. The quantitative estimate of drug-likeness (QED) is 0.804. The zero-order valence-corrected chi connectivity index (χ0v) is 13.7. The van der Waals surface area contributed by atoms with Gasteiger partial charge in [0.25, 0.3) is 15.9 Å². The molecule has 1 N–H and O–H groups in total. The Morgan fingerprint density at radius 2 is 2.09 bits per heavy atom. The lowest BCUT2D eigenvalue weighted by Crippen LogP contribution is -2.37. The molecule has 0 saturated carbocycles. The number of methoxy groups -OCH3 is 1. The molecule has 1 saturated heterocycles. The molecule has 9 nitrogen and oxygen atoms in total. The molecule has 2 aromatic rings. The van der Waals surface area contributed by atoms with Crippen molar-refractivity contribution in [1.29, 1.82) is 0 Å². The van der Waals surface area contributed by atoms with E-state index in [1.54, 1.807) is 24.0 Å². The number of sulfonamides is 1. The van der Waals surface area contributed by atoms with Crippen LogP contribution in [0, 0.1) is 0 Å². The molecule has 0 radical (unpaired) electrons. The van der Waals surface area contributed by atoms with E-state index in [0.717, 1.165) is 0 Å². The summed E-state index contributed by atoms with van der Waals surface area (Å²) in [5, 5.41) is 0.0236. The standard InChI is InChI=1S/C13H18N6O3S/c1-18-8-11(16-9-18)23(20,21)17-10-3-6-19(7-10)12-13(22-2)15-5-4-14-12/h4-5,8-10,17H,3,6-7H2,1-2H3/t10-/m0/s1. The van der Waals surface area contributed by atoms with Crippen LogP contribution in [0.1, 0.15) is 6.42 Å². The summed E-state index contributed by atoms with van der Waals surface area (Å²) in [5.41, 5.74) is 0. The molecule has 1 fully saturated rings. The zero-order chi connectivity index (χ0) is 16.4. The van der Waals surface area contributed by atoms with Gasteiger partial charge in [-0.3, -0.25) is 0 Å². The summed E-state index contributed by atoms with van der Waals surface area (Å²) in [6.45, 7) is 1.17. The molecule has 1 aliphatic rings. The van der Waals surface area contributed by atoms with Crippen LogP contribution in [0.15, 0.2) is 29.9 Å². The Balaban J connectivity index is 1.71. The van der Waals surface area contributed by atoms with Crippen molar-refractivity contribution in [2.24, 2.45) is 7.05 Å². The van der Waals surface area contributed by atoms with Gasteiger partial charge in [-0.05, 0) is 6.42 Å². The molecule has 1 atom stereocenters. The summed E-state index contributed by atoms with van der Waals surface area (Å²) in [7, 11) is -0.362. The Hall–Kier alpha value is -2.20. The fourth-order valence-electron chi connectivity index (χ4n) is 2.54. The smallest absolute Gasteiger partial charge is 0.259 e. The van der Waals surface area contributed by atoms with Gasteiger partial charge in [-0.15, -0.1) is 0 Å². The van der Waals surface area contributed by atoms with Gasteiger partial charge in [-0.25, -0.2) is 28.1 Å². The Morgan fingerprint density at radius 1 is 1.30 bits per heavy atom. The van der Waals surface area contributed by atoms with Crippen molar-refractivity contribution in [1.82, 2.24) is 24.2 Å². The molecule has 3 rings (SSSR count). The molecule has 0 spiro atoms. The van der Waals surface area contributed by atoms with Crippen molar-refractivity contribution < 1.29 is 13.2 Å². The summed E-state index contributed by atoms with van der Waals surface area (Å²) >= 11 is 0. The summed E-state index contributed by atoms with van der Waals surface area (Å²) < 4.78 is 34.1. The van der Waals surface area contributed by atoms with Crippen LogP contribution in [0.4, 0.5) is 5.82 Å². The lowest BCUT2D eigenvalue weighted by atomic mass is 10.3. The van der Waals surface area contributed by atoms with Crippen molar-refractivity contribution in [3.05, 3.63) is 24.9 Å². The first kappa shape index (κ1) is 15.7. The van der Waals surface area contributed by atoms with Crippen molar-refractivity contribution in [3.63, 3.8) is 0 Å². The Morgan fingerprint density at radius 3 is 2.78 bits per heavy atom. The molecule has 0 unspecified atom stereocenters. The zero-order valence-electron chi connectivity index (χ0n) is 12.9. The van der Waals surface area contributed by atoms with Gasteiger partial charge in [0, 0.05) is 44.8 Å². The van der Waals surface area contributed by atoms with E-state index < -0.39 is 10.0 Å². The Bertz CT molecular complexity index is 791. The molecular weight excluding hydrogens is 320 g/mol. The number of nitrogens with one attached hydrogen (secondary N) is 1. The van der Waals surface area contributed by atoms with Gasteiger partial charge in [0.2, 0.25) is 0 Å². The van der Waals surface area contributed by atoms with E-state index in [1.165, 1.54) is 19.6 Å². The summed E-state index contributed by atoms with van der Waals surface area (Å²) in [6, 6.07) is -0.214. The lowest BCUT2D eigenvalue weighted by Gasteiger charge is -2.19. The van der Waals surface area contributed by atoms with Crippen molar-refractivity contribution in [3.8, 4) is 5.88 Å². The highest BCUT2D eigenvalue weighted by Crippen LogP contribution is 2.26. The number of nitrogens with zero attached hydrogens (tertiary/aromatic N) is 5. The lowest BCUT2D eigenvalue weighted by molar-refractivity contribution is 0.396. The highest BCUT2D eigenvalue weighted by molar-refractivity contribution is 7.89. The van der Waals surface area contributed by atoms with Gasteiger partial charge in [0.1, 0.15) is 0 Å². The molecule has 0 aromatic carbocycles. The third kappa shape index (κ3) is 3.27. The van der Waals surface area contributed by atoms with Crippen molar-refractivity contribution in [2.45, 2.75) is 17.5 Å². The van der Waals surface area contributed by atoms with Crippen LogP contribution in [0.25, 0.3) is 0 Å². The van der Waals surface area contributed by atoms with E-state index in [9.17, 15) is 8.42 Å². The van der Waals surface area contributed by atoms with E-state index in [0.29, 0.717) is 31.2 Å². The van der Waals surface area contributed by atoms with E-state index >= 15 is 0 Å². The van der Waals surface area contributed by atoms with Gasteiger partial charge >= 0.3 is 0 Å². The van der Waals surface area contributed by atoms with Crippen LogP contribution in [-0.4, -0.2) is 54.2 Å². The van der Waals surface area contributed by atoms with Crippen LogP contribution in [-0.2, 0) is 17.1 Å². The molecule has 23 heavy (non-hydrogen) atoms. The largest absolute Gasteiger partial charge is 0.478 e. The molecule has 1 aliphatic heterocycles. The molecule has 10 heteroatoms. The molecule has 2 aromatic heterocycles. The average Bonchev–Trinajstić information content (AvgIpc) is 3.16. The highest BCUT2D eigenvalue weighted by Gasteiger charge is 2.30. The van der Waals surface area contributed by atoms with Crippen LogP contribution >= 0.6 is 0 Å². The normalized spacial score (nSPS) is 18.3. The molecule has 124 valence electrons. The van der Waals surface area contributed by atoms with Crippen molar-refractivity contribution >= 4 is 15.8 Å². The Kier molecular flexibility index (Phi) is 4.18. The predicted octanol–water partition coefficient (Wildman–Crippen LogP) is -0.224. The molecule has 0 bridgehead atoms. The average molecular weight is 338 g/mol. The van der Waals surface area contributed by atoms with Gasteiger partial charge < -0.3 is 14.2 Å². The minimum atomic E-state index is -3.62. The Labute approximate surface area is 134 Å². The maximum Gasteiger partial charge on any atom is 0.259 e. The van der Waals surface area contributed by atoms with Gasteiger partial charge in [0.05, 0.1) is 13.4 Å². The minimum absolute atomic E-state index is 0.0236. The summed E-state index contributed by atoms with van der Waals surface area (Å²) in [5.74, 6) is 1.05. The van der Waals surface area contributed by atoms with Gasteiger partial charge in [0.15, 0.2) is 10.8 Å². The van der Waals surface area contributed by atoms with Gasteiger partial charge in [-0.2, -0.15) is 0 Å².